The summed E-state index contributed by atoms with van der Waals surface area (Å²) in [5, 5.41) is 20.8. The van der Waals surface area contributed by atoms with Gasteiger partial charge in [-0.3, -0.25) is 0 Å². The second kappa shape index (κ2) is 6.89. The van der Waals surface area contributed by atoms with Crippen LogP contribution in [0.4, 0.5) is 0 Å². The van der Waals surface area contributed by atoms with Gasteiger partial charge in [-0.25, -0.2) is 4.79 Å². The van der Waals surface area contributed by atoms with Crippen LogP contribution in [0.15, 0.2) is 29.8 Å². The van der Waals surface area contributed by atoms with Crippen LogP contribution in [0.3, 0.4) is 0 Å². The summed E-state index contributed by atoms with van der Waals surface area (Å²) >= 11 is 0. The van der Waals surface area contributed by atoms with Crippen molar-refractivity contribution >= 4 is 5.97 Å². The zero-order valence-electron chi connectivity index (χ0n) is 16.9. The molecule has 4 rings (SSSR count). The van der Waals surface area contributed by atoms with E-state index in [9.17, 15) is 15.0 Å². The molecule has 28 heavy (non-hydrogen) atoms. The Morgan fingerprint density at radius 3 is 2.79 bits per heavy atom. The van der Waals surface area contributed by atoms with E-state index in [4.69, 9.17) is 9.47 Å². The molecule has 1 saturated carbocycles. The van der Waals surface area contributed by atoms with E-state index in [2.05, 4.69) is 26.0 Å². The summed E-state index contributed by atoms with van der Waals surface area (Å²) in [4.78, 5) is 11.4. The van der Waals surface area contributed by atoms with Gasteiger partial charge in [0.15, 0.2) is 0 Å². The summed E-state index contributed by atoms with van der Waals surface area (Å²) < 4.78 is 10.3. The molecule has 5 heteroatoms. The molecule has 2 N–H and O–H groups in total. The van der Waals surface area contributed by atoms with Gasteiger partial charge in [0, 0.05) is 11.6 Å². The zero-order chi connectivity index (χ0) is 20.1. The Labute approximate surface area is 166 Å². The SMILES string of the molecule is COc1ccc2c(c1)[C@@]1(C)CCC[C@](C)(C[C@@H](O)C3=CC(=O)OC3O)[C@@H]1CC2. The third kappa shape index (κ3) is 3.05. The van der Waals surface area contributed by atoms with Crippen molar-refractivity contribution in [2.45, 2.75) is 70.2 Å². The topological polar surface area (TPSA) is 76.0 Å². The fourth-order valence-electron chi connectivity index (χ4n) is 6.18. The molecule has 0 aromatic heterocycles. The summed E-state index contributed by atoms with van der Waals surface area (Å²) in [5.74, 6) is 0.723. The minimum absolute atomic E-state index is 0.0316. The first-order valence-corrected chi connectivity index (χ1v) is 10.2. The maximum absolute atomic E-state index is 11.4. The third-order valence-corrected chi connectivity index (χ3v) is 7.53. The number of rotatable bonds is 4. The lowest BCUT2D eigenvalue weighted by atomic mass is 9.48. The molecule has 5 nitrogen and oxygen atoms in total. The number of carbonyl (C=O) groups excluding carboxylic acids is 1. The predicted molar refractivity (Wildman–Crippen MR) is 105 cm³/mol. The molecule has 3 aliphatic rings. The second-order valence-corrected chi connectivity index (χ2v) is 9.19. The molecular formula is C23H30O5. The van der Waals surface area contributed by atoms with Crippen LogP contribution in [0, 0.1) is 11.3 Å². The van der Waals surface area contributed by atoms with Gasteiger partial charge in [-0.05, 0) is 72.1 Å². The first kappa shape index (κ1) is 19.5. The van der Waals surface area contributed by atoms with E-state index in [0.29, 0.717) is 12.3 Å². The van der Waals surface area contributed by atoms with Gasteiger partial charge < -0.3 is 19.7 Å². The Kier molecular flexibility index (Phi) is 4.79. The number of methoxy groups -OCH3 is 1. The van der Waals surface area contributed by atoms with Gasteiger partial charge in [0.2, 0.25) is 6.29 Å². The molecule has 1 heterocycles. The molecule has 0 spiro atoms. The molecule has 5 atom stereocenters. The molecular weight excluding hydrogens is 356 g/mol. The number of cyclic esters (lactones) is 1. The smallest absolute Gasteiger partial charge is 0.333 e. The van der Waals surface area contributed by atoms with Gasteiger partial charge in [0.1, 0.15) is 5.75 Å². The number of carbonyl (C=O) groups is 1. The van der Waals surface area contributed by atoms with Crippen molar-refractivity contribution in [2.75, 3.05) is 7.11 Å². The van der Waals surface area contributed by atoms with Crippen LogP contribution in [-0.2, 0) is 21.4 Å². The molecule has 1 aromatic rings. The van der Waals surface area contributed by atoms with Crippen molar-refractivity contribution < 1.29 is 24.5 Å². The number of hydrogen-bond acceptors (Lipinski definition) is 5. The average Bonchev–Trinajstić information content (AvgIpc) is 2.99. The minimum Gasteiger partial charge on any atom is -0.497 e. The van der Waals surface area contributed by atoms with Crippen molar-refractivity contribution in [3.05, 3.63) is 41.0 Å². The van der Waals surface area contributed by atoms with Gasteiger partial charge in [-0.15, -0.1) is 0 Å². The predicted octanol–water partition coefficient (Wildman–Crippen LogP) is 3.26. The molecule has 152 valence electrons. The number of esters is 1. The highest BCUT2D eigenvalue weighted by molar-refractivity contribution is 5.85. The van der Waals surface area contributed by atoms with E-state index in [0.717, 1.165) is 37.9 Å². The van der Waals surface area contributed by atoms with Crippen LogP contribution >= 0.6 is 0 Å². The number of fused-ring (bicyclic) bond motifs is 3. The fourth-order valence-corrected chi connectivity index (χ4v) is 6.18. The van der Waals surface area contributed by atoms with Gasteiger partial charge in [0.25, 0.3) is 0 Å². The van der Waals surface area contributed by atoms with Crippen LogP contribution in [0.25, 0.3) is 0 Å². The van der Waals surface area contributed by atoms with Gasteiger partial charge >= 0.3 is 5.97 Å². The Bertz CT molecular complexity index is 815. The van der Waals surface area contributed by atoms with E-state index in [-0.39, 0.29) is 16.4 Å². The third-order valence-electron chi connectivity index (χ3n) is 7.53. The van der Waals surface area contributed by atoms with Crippen LogP contribution in [-0.4, -0.2) is 35.7 Å². The van der Waals surface area contributed by atoms with Gasteiger partial charge in [-0.2, -0.15) is 0 Å². The van der Waals surface area contributed by atoms with Crippen molar-refractivity contribution in [3.63, 3.8) is 0 Å². The lowest BCUT2D eigenvalue weighted by molar-refractivity contribution is -0.152. The van der Waals surface area contributed by atoms with E-state index in [1.807, 2.05) is 6.07 Å². The molecule has 0 radical (unpaired) electrons. The first-order chi connectivity index (χ1) is 13.3. The number of benzene rings is 1. The number of aliphatic hydroxyl groups excluding tert-OH is 2. The van der Waals surface area contributed by atoms with Crippen molar-refractivity contribution in [2.24, 2.45) is 11.3 Å². The first-order valence-electron chi connectivity index (χ1n) is 10.2. The van der Waals surface area contributed by atoms with E-state index in [1.165, 1.54) is 17.2 Å². The normalized spacial score (nSPS) is 35.5. The largest absolute Gasteiger partial charge is 0.497 e. The average molecular weight is 386 g/mol. The molecule has 1 aliphatic heterocycles. The van der Waals surface area contributed by atoms with Crippen molar-refractivity contribution in [3.8, 4) is 5.75 Å². The molecule has 2 aliphatic carbocycles. The highest BCUT2D eigenvalue weighted by Gasteiger charge is 2.52. The lowest BCUT2D eigenvalue weighted by Gasteiger charge is -2.56. The monoisotopic (exact) mass is 386 g/mol. The van der Waals surface area contributed by atoms with Crippen LogP contribution < -0.4 is 4.74 Å². The number of aliphatic hydroxyl groups is 2. The maximum atomic E-state index is 11.4. The second-order valence-electron chi connectivity index (χ2n) is 9.19. The van der Waals surface area contributed by atoms with Gasteiger partial charge in [0.05, 0.1) is 13.2 Å². The van der Waals surface area contributed by atoms with Crippen LogP contribution in [0.2, 0.25) is 0 Å². The van der Waals surface area contributed by atoms with E-state index < -0.39 is 18.4 Å². The number of hydrogen-bond donors (Lipinski definition) is 2. The summed E-state index contributed by atoms with van der Waals surface area (Å²) in [6.07, 6.45) is 4.91. The molecule has 0 amide bonds. The molecule has 0 saturated heterocycles. The zero-order valence-corrected chi connectivity index (χ0v) is 16.9. The van der Waals surface area contributed by atoms with Crippen LogP contribution in [0.5, 0.6) is 5.75 Å². The lowest BCUT2D eigenvalue weighted by Crippen LogP contribution is -2.50. The van der Waals surface area contributed by atoms with E-state index >= 15 is 0 Å². The minimum atomic E-state index is -1.32. The summed E-state index contributed by atoms with van der Waals surface area (Å²) in [7, 11) is 1.70. The van der Waals surface area contributed by atoms with Crippen LogP contribution in [0.1, 0.15) is 57.1 Å². The highest BCUT2D eigenvalue weighted by atomic mass is 16.6. The summed E-state index contributed by atoms with van der Waals surface area (Å²) in [6, 6.07) is 6.43. The van der Waals surface area contributed by atoms with Gasteiger partial charge in [-0.1, -0.05) is 26.3 Å². The Hall–Kier alpha value is -1.85. The quantitative estimate of drug-likeness (QED) is 0.777. The molecule has 0 bridgehead atoms. The highest BCUT2D eigenvalue weighted by Crippen LogP contribution is 2.59. The van der Waals surface area contributed by atoms with Crippen molar-refractivity contribution in [1.82, 2.24) is 0 Å². The van der Waals surface area contributed by atoms with E-state index in [1.54, 1.807) is 7.11 Å². The van der Waals surface area contributed by atoms with Crippen molar-refractivity contribution in [1.29, 1.82) is 0 Å². The molecule has 1 unspecified atom stereocenters. The number of ether oxygens (including phenoxy) is 2. The Morgan fingerprint density at radius 2 is 2.11 bits per heavy atom. The fraction of sp³-hybridized carbons (Fsp3) is 0.609. The Balaban J connectivity index is 1.65. The molecule has 1 fully saturated rings. The summed E-state index contributed by atoms with van der Waals surface area (Å²) in [6.45, 7) is 4.61. The standard InChI is InChI=1S/C23H30O5/c1-22(13-18(24)16-12-20(25)28-21(16)26)9-4-10-23(2)17-11-15(27-3)7-5-14(17)6-8-19(22)23/h5,7,11-12,18-19,21,24,26H,4,6,8-10,13H2,1-3H3/t18-,19+,21?,22-,23-/m1/s1. The summed E-state index contributed by atoms with van der Waals surface area (Å²) in [5.41, 5.74) is 3.01. The maximum Gasteiger partial charge on any atom is 0.333 e. The number of aryl methyl sites for hydroxylation is 1. The molecule has 1 aromatic carbocycles. The Morgan fingerprint density at radius 1 is 1.32 bits per heavy atom.